The second-order valence-corrected chi connectivity index (χ2v) is 11.1. The van der Waals surface area contributed by atoms with Crippen LogP contribution in [0.5, 0.6) is 0 Å². The molecule has 0 unspecified atom stereocenters. The quantitative estimate of drug-likeness (QED) is 0.159. The third-order valence-corrected chi connectivity index (χ3v) is 8.46. The Morgan fingerprint density at radius 3 is 2.00 bits per heavy atom. The molecule has 4 aromatic carbocycles. The number of thiazole rings is 1. The molecule has 0 amide bonds. The van der Waals surface area contributed by atoms with Gasteiger partial charge in [-0.05, 0) is 60.9 Å². The van der Waals surface area contributed by atoms with E-state index in [0.717, 1.165) is 60.4 Å². The Balaban J connectivity index is 1.26. The second kappa shape index (κ2) is 10.6. The molecule has 0 fully saturated rings. The highest BCUT2D eigenvalue weighted by Gasteiger charge is 2.14. The third-order valence-electron chi connectivity index (χ3n) is 7.37. The molecular formula is C37H27N3S. The Kier molecular flexibility index (Phi) is 6.46. The zero-order valence-corrected chi connectivity index (χ0v) is 23.7. The molecule has 3 aromatic heterocycles. The van der Waals surface area contributed by atoms with Crippen molar-refractivity contribution >= 4 is 49.4 Å². The predicted octanol–water partition coefficient (Wildman–Crippen LogP) is 10.3. The molecule has 41 heavy (non-hydrogen) atoms. The molecule has 0 saturated heterocycles. The van der Waals surface area contributed by atoms with Crippen LogP contribution in [0.15, 0.2) is 121 Å². The fraction of sp³-hybridized carbons (Fsp3) is 0.0541. The maximum absolute atomic E-state index is 5.11. The number of benzene rings is 4. The third kappa shape index (κ3) is 4.73. The average Bonchev–Trinajstić information content (AvgIpc) is 3.46. The highest BCUT2D eigenvalue weighted by atomic mass is 32.1. The molecule has 0 spiro atoms. The van der Waals surface area contributed by atoms with Gasteiger partial charge in [0.2, 0.25) is 0 Å². The number of rotatable bonds is 5. The molecule has 0 N–H and O–H groups in total. The van der Waals surface area contributed by atoms with E-state index in [1.165, 1.54) is 15.8 Å². The van der Waals surface area contributed by atoms with E-state index in [4.69, 9.17) is 15.0 Å². The molecule has 0 atom stereocenters. The van der Waals surface area contributed by atoms with E-state index in [1.807, 2.05) is 37.3 Å². The van der Waals surface area contributed by atoms with Crippen molar-refractivity contribution in [3.63, 3.8) is 0 Å². The Morgan fingerprint density at radius 1 is 0.610 bits per heavy atom. The van der Waals surface area contributed by atoms with Crippen LogP contribution in [0.25, 0.3) is 71.1 Å². The topological polar surface area (TPSA) is 38.7 Å². The maximum atomic E-state index is 5.11. The number of allylic oxidation sites excluding steroid dienone is 3. The zero-order valence-electron chi connectivity index (χ0n) is 22.9. The molecule has 196 valence electrons. The largest absolute Gasteiger partial charge is 0.247 e. The van der Waals surface area contributed by atoms with Crippen molar-refractivity contribution in [3.8, 4) is 33.0 Å². The summed E-state index contributed by atoms with van der Waals surface area (Å²) in [5, 5.41) is 3.18. The standard InChI is InChI=1S/C37H27N3S/c1-3-4-5-11-31-24(2)23-30-35(39-32-12-7-6-10-29(32)36(30)38-31)27-19-15-25(16-20-27)26-17-21-28(22-18-26)37-40-33-13-8-9-14-34(33)41-37/h3-23H,1-2H3/b4-3-,11-5-. The number of hydrogen-bond acceptors (Lipinski definition) is 4. The van der Waals surface area contributed by atoms with Crippen molar-refractivity contribution < 1.29 is 0 Å². The van der Waals surface area contributed by atoms with Crippen LogP contribution in [-0.2, 0) is 0 Å². The lowest BCUT2D eigenvalue weighted by Gasteiger charge is -2.12. The van der Waals surface area contributed by atoms with Gasteiger partial charge in [0.15, 0.2) is 0 Å². The first kappa shape index (κ1) is 25.1. The van der Waals surface area contributed by atoms with Crippen LogP contribution in [0.1, 0.15) is 18.2 Å². The fourth-order valence-corrected chi connectivity index (χ4v) is 6.20. The fourth-order valence-electron chi connectivity index (χ4n) is 5.23. The second-order valence-electron chi connectivity index (χ2n) is 10.1. The summed E-state index contributed by atoms with van der Waals surface area (Å²) in [7, 11) is 0. The van der Waals surface area contributed by atoms with Crippen molar-refractivity contribution in [2.24, 2.45) is 0 Å². The number of pyridine rings is 2. The first-order chi connectivity index (χ1) is 20.2. The van der Waals surface area contributed by atoms with Crippen LogP contribution < -0.4 is 0 Å². The molecule has 0 radical (unpaired) electrons. The van der Waals surface area contributed by atoms with Crippen molar-refractivity contribution in [1.82, 2.24) is 15.0 Å². The van der Waals surface area contributed by atoms with Crippen LogP contribution in [0, 0.1) is 6.92 Å². The maximum Gasteiger partial charge on any atom is 0.124 e. The van der Waals surface area contributed by atoms with Crippen LogP contribution in [0.2, 0.25) is 0 Å². The number of nitrogens with zero attached hydrogens (tertiary/aromatic N) is 3. The SMILES string of the molecule is C/C=C\C=C/c1nc2c(cc1C)c(-c1ccc(-c3ccc(-c4nc5ccccc5s4)cc3)cc1)nc1ccccc12. The Morgan fingerprint density at radius 2 is 1.27 bits per heavy atom. The van der Waals surface area contributed by atoms with Gasteiger partial charge in [0.25, 0.3) is 0 Å². The monoisotopic (exact) mass is 545 g/mol. The molecule has 0 aliphatic rings. The summed E-state index contributed by atoms with van der Waals surface area (Å²) in [5.41, 5.74) is 10.6. The van der Waals surface area contributed by atoms with E-state index < -0.39 is 0 Å². The summed E-state index contributed by atoms with van der Waals surface area (Å²) in [5.74, 6) is 0. The number of hydrogen-bond donors (Lipinski definition) is 0. The van der Waals surface area contributed by atoms with Crippen LogP contribution in [0.4, 0.5) is 0 Å². The molecule has 0 aliphatic carbocycles. The molecular weight excluding hydrogens is 518 g/mol. The van der Waals surface area contributed by atoms with E-state index in [1.54, 1.807) is 11.3 Å². The van der Waals surface area contributed by atoms with E-state index in [9.17, 15) is 0 Å². The molecule has 3 nitrogen and oxygen atoms in total. The number of aryl methyl sites for hydroxylation is 1. The molecule has 0 saturated carbocycles. The van der Waals surface area contributed by atoms with E-state index in [0.29, 0.717) is 0 Å². The summed E-state index contributed by atoms with van der Waals surface area (Å²) in [6.07, 6.45) is 8.15. The minimum absolute atomic E-state index is 0.948. The van der Waals surface area contributed by atoms with Crippen LogP contribution >= 0.6 is 11.3 Å². The summed E-state index contributed by atoms with van der Waals surface area (Å²) in [6.45, 7) is 4.13. The number of aromatic nitrogens is 3. The highest BCUT2D eigenvalue weighted by Crippen LogP contribution is 2.35. The van der Waals surface area contributed by atoms with Gasteiger partial charge in [0.05, 0.1) is 32.6 Å². The normalized spacial score (nSPS) is 12.0. The van der Waals surface area contributed by atoms with Gasteiger partial charge in [-0.25, -0.2) is 15.0 Å². The van der Waals surface area contributed by atoms with E-state index in [2.05, 4.69) is 104 Å². The van der Waals surface area contributed by atoms with Gasteiger partial charge in [-0.3, -0.25) is 0 Å². The van der Waals surface area contributed by atoms with Gasteiger partial charge in [-0.1, -0.05) is 97.1 Å². The van der Waals surface area contributed by atoms with Gasteiger partial charge < -0.3 is 0 Å². The number of para-hydroxylation sites is 2. The lowest BCUT2D eigenvalue weighted by atomic mass is 9.98. The van der Waals surface area contributed by atoms with Crippen molar-refractivity contribution in [3.05, 3.63) is 133 Å². The minimum Gasteiger partial charge on any atom is -0.247 e. The van der Waals surface area contributed by atoms with Crippen molar-refractivity contribution in [2.45, 2.75) is 13.8 Å². The Bertz CT molecular complexity index is 2070. The minimum atomic E-state index is 0.948. The van der Waals surface area contributed by atoms with Gasteiger partial charge in [0.1, 0.15) is 5.01 Å². The van der Waals surface area contributed by atoms with Gasteiger partial charge in [-0.15, -0.1) is 11.3 Å². The summed E-state index contributed by atoms with van der Waals surface area (Å²) in [4.78, 5) is 15.0. The summed E-state index contributed by atoms with van der Waals surface area (Å²) in [6, 6.07) is 36.1. The van der Waals surface area contributed by atoms with Crippen LogP contribution in [0.3, 0.4) is 0 Å². The smallest absolute Gasteiger partial charge is 0.124 e. The Labute approximate surface area is 243 Å². The lowest BCUT2D eigenvalue weighted by Crippen LogP contribution is -1.95. The van der Waals surface area contributed by atoms with E-state index in [-0.39, 0.29) is 0 Å². The molecule has 0 bridgehead atoms. The van der Waals surface area contributed by atoms with Crippen molar-refractivity contribution in [2.75, 3.05) is 0 Å². The molecule has 0 aliphatic heterocycles. The van der Waals surface area contributed by atoms with Gasteiger partial charge >= 0.3 is 0 Å². The highest BCUT2D eigenvalue weighted by molar-refractivity contribution is 7.21. The van der Waals surface area contributed by atoms with Gasteiger partial charge in [0, 0.05) is 21.9 Å². The van der Waals surface area contributed by atoms with Crippen LogP contribution in [-0.4, -0.2) is 15.0 Å². The first-order valence-electron chi connectivity index (χ1n) is 13.7. The zero-order chi connectivity index (χ0) is 27.8. The molecule has 7 aromatic rings. The molecule has 4 heteroatoms. The number of fused-ring (bicyclic) bond motifs is 4. The lowest BCUT2D eigenvalue weighted by molar-refractivity contribution is 1.29. The molecule has 3 heterocycles. The Hall–Kier alpha value is -4.93. The van der Waals surface area contributed by atoms with Crippen molar-refractivity contribution in [1.29, 1.82) is 0 Å². The predicted molar refractivity (Wildman–Crippen MR) is 175 cm³/mol. The van der Waals surface area contributed by atoms with Gasteiger partial charge in [-0.2, -0.15) is 0 Å². The summed E-state index contributed by atoms with van der Waals surface area (Å²) >= 11 is 1.73. The molecule has 7 rings (SSSR count). The average molecular weight is 546 g/mol. The van der Waals surface area contributed by atoms with E-state index >= 15 is 0 Å². The first-order valence-corrected chi connectivity index (χ1v) is 14.6. The summed E-state index contributed by atoms with van der Waals surface area (Å²) < 4.78 is 1.21.